The van der Waals surface area contributed by atoms with Crippen molar-refractivity contribution < 1.29 is 14.6 Å². The maximum atomic E-state index is 9.19. The van der Waals surface area contributed by atoms with E-state index < -0.39 is 0 Å². The molecule has 1 saturated heterocycles. The van der Waals surface area contributed by atoms with Gasteiger partial charge in [-0.2, -0.15) is 0 Å². The number of phenolic OH excluding ortho intramolecular Hbond substituents is 1. The third-order valence-electron chi connectivity index (χ3n) is 7.98. The van der Waals surface area contributed by atoms with Crippen LogP contribution >= 0.6 is 0 Å². The molecule has 1 fully saturated rings. The first-order valence-electron chi connectivity index (χ1n) is 15.0. The summed E-state index contributed by atoms with van der Waals surface area (Å²) in [4.78, 5) is 4.86. The number of nitrogens with zero attached hydrogens (tertiary/aromatic N) is 2. The first kappa shape index (κ1) is 31.9. The number of benzene rings is 3. The van der Waals surface area contributed by atoms with Crippen LogP contribution in [0, 0.1) is 18.8 Å². The van der Waals surface area contributed by atoms with E-state index in [4.69, 9.17) is 9.47 Å². The van der Waals surface area contributed by atoms with Gasteiger partial charge in [-0.05, 0) is 118 Å². The number of hydrogen-bond acceptors (Lipinski definition) is 5. The van der Waals surface area contributed by atoms with E-state index in [1.165, 1.54) is 67.6 Å². The van der Waals surface area contributed by atoms with E-state index in [9.17, 15) is 5.11 Å². The molecule has 1 aliphatic heterocycles. The molecule has 0 unspecified atom stereocenters. The van der Waals surface area contributed by atoms with Gasteiger partial charge in [0, 0.05) is 31.4 Å². The largest absolute Gasteiger partial charge is 0.508 e. The normalized spacial score (nSPS) is 14.9. The van der Waals surface area contributed by atoms with Crippen LogP contribution in [-0.2, 0) is 19.4 Å². The van der Waals surface area contributed by atoms with Crippen LogP contribution in [0.4, 0.5) is 5.69 Å². The molecule has 5 nitrogen and oxygen atoms in total. The number of fused-ring (bicyclic) bond motifs is 1. The number of methoxy groups -OCH3 is 1. The molecule has 0 spiro atoms. The van der Waals surface area contributed by atoms with Crippen LogP contribution in [0.25, 0.3) is 0 Å². The van der Waals surface area contributed by atoms with Crippen molar-refractivity contribution in [2.75, 3.05) is 44.8 Å². The molecular weight excluding hydrogens is 508 g/mol. The van der Waals surface area contributed by atoms with E-state index in [2.05, 4.69) is 72.9 Å². The highest BCUT2D eigenvalue weighted by Crippen LogP contribution is 2.25. The van der Waals surface area contributed by atoms with Crippen LogP contribution < -0.4 is 14.4 Å². The third-order valence-corrected chi connectivity index (χ3v) is 7.98. The maximum Gasteiger partial charge on any atom is 0.120 e. The minimum absolute atomic E-state index is 0.408. The number of terminal acetylenes is 1. The Labute approximate surface area is 248 Å². The van der Waals surface area contributed by atoms with E-state index in [1.807, 2.05) is 24.3 Å². The Morgan fingerprint density at radius 2 is 1.61 bits per heavy atom. The summed E-state index contributed by atoms with van der Waals surface area (Å²) in [7, 11) is 1.71. The van der Waals surface area contributed by atoms with Crippen molar-refractivity contribution in [3.05, 3.63) is 83.4 Å². The summed E-state index contributed by atoms with van der Waals surface area (Å²) in [5, 5.41) is 9.19. The molecule has 220 valence electrons. The van der Waals surface area contributed by atoms with Crippen molar-refractivity contribution >= 4 is 5.69 Å². The van der Waals surface area contributed by atoms with Crippen molar-refractivity contribution in [2.45, 2.75) is 58.9 Å². The van der Waals surface area contributed by atoms with Crippen LogP contribution in [-0.4, -0.2) is 49.9 Å². The Morgan fingerprint density at radius 1 is 0.902 bits per heavy atom. The molecule has 0 aromatic heterocycles. The van der Waals surface area contributed by atoms with Crippen molar-refractivity contribution in [2.24, 2.45) is 5.92 Å². The zero-order valence-electron chi connectivity index (χ0n) is 25.2. The fourth-order valence-electron chi connectivity index (χ4n) is 5.40. The average Bonchev–Trinajstić information content (AvgIpc) is 3.03. The van der Waals surface area contributed by atoms with Crippen LogP contribution in [0.2, 0.25) is 0 Å². The van der Waals surface area contributed by atoms with Crippen LogP contribution in [0.1, 0.15) is 56.2 Å². The fourth-order valence-corrected chi connectivity index (χ4v) is 5.40. The molecule has 0 saturated carbocycles. The van der Waals surface area contributed by atoms with Gasteiger partial charge in [-0.25, -0.2) is 0 Å². The lowest BCUT2D eigenvalue weighted by Crippen LogP contribution is -2.35. The molecule has 5 heteroatoms. The van der Waals surface area contributed by atoms with Gasteiger partial charge in [0.2, 0.25) is 0 Å². The summed E-state index contributed by atoms with van der Waals surface area (Å²) in [5.74, 6) is 3.14. The number of likely N-dealkylation sites (tertiary alicyclic amines) is 1. The molecule has 1 heterocycles. The molecule has 2 aliphatic rings. The molecule has 0 bridgehead atoms. The van der Waals surface area contributed by atoms with Gasteiger partial charge in [-0.1, -0.05) is 31.2 Å². The van der Waals surface area contributed by atoms with Gasteiger partial charge in [0.15, 0.2) is 0 Å². The van der Waals surface area contributed by atoms with Gasteiger partial charge in [0.25, 0.3) is 0 Å². The first-order valence-corrected chi connectivity index (χ1v) is 15.0. The predicted molar refractivity (Wildman–Crippen MR) is 171 cm³/mol. The molecule has 0 radical (unpaired) electrons. The summed E-state index contributed by atoms with van der Waals surface area (Å²) in [5.41, 5.74) is 5.23. The molecule has 0 amide bonds. The van der Waals surface area contributed by atoms with Gasteiger partial charge < -0.3 is 19.5 Å². The van der Waals surface area contributed by atoms with E-state index in [1.54, 1.807) is 13.2 Å². The van der Waals surface area contributed by atoms with Gasteiger partial charge in [-0.3, -0.25) is 4.90 Å². The summed E-state index contributed by atoms with van der Waals surface area (Å²) in [6, 6.07) is 22.5. The van der Waals surface area contributed by atoms with Crippen LogP contribution in [0.3, 0.4) is 0 Å². The predicted octanol–water partition coefficient (Wildman–Crippen LogP) is 7.35. The van der Waals surface area contributed by atoms with E-state index in [0.29, 0.717) is 5.75 Å². The van der Waals surface area contributed by atoms with E-state index in [0.717, 1.165) is 50.1 Å². The van der Waals surface area contributed by atoms with E-state index in [-0.39, 0.29) is 0 Å². The lowest BCUT2D eigenvalue weighted by Gasteiger charge is -2.29. The number of phenols is 1. The highest BCUT2D eigenvalue weighted by atomic mass is 16.5. The molecule has 3 aromatic carbocycles. The minimum atomic E-state index is 0.408. The number of aryl methyl sites for hydroxylation is 2. The lowest BCUT2D eigenvalue weighted by molar-refractivity contribution is 0.160. The standard InChI is InChI=1S/C24H34N2O2.C10H12O.C2H2/c1-4-26(22-6-5-7-24(18-22)27-3)19-21-8-10-23(11-9-21)28-17-16-25-14-12-20(2)13-15-25;11-10-6-5-8-3-1-2-4-9(8)7-10;1-2/h5-11,18,20H,4,12-17,19H2,1-3H3;5-7,11H,1-4H2;1-2H. The smallest absolute Gasteiger partial charge is 0.120 e. The molecule has 1 aliphatic carbocycles. The average molecular weight is 557 g/mol. The fraction of sp³-hybridized carbons (Fsp3) is 0.444. The SMILES string of the molecule is C#C.CCN(Cc1ccc(OCCN2CCC(C)CC2)cc1)c1cccc(OC)c1.Oc1ccc2c(c1)CCCC2. The number of anilines is 1. The van der Waals surface area contributed by atoms with Gasteiger partial charge in [0.05, 0.1) is 7.11 Å². The van der Waals surface area contributed by atoms with Crippen molar-refractivity contribution in [3.63, 3.8) is 0 Å². The number of hydrogen-bond donors (Lipinski definition) is 1. The molecule has 0 atom stereocenters. The minimum Gasteiger partial charge on any atom is -0.508 e. The number of ether oxygens (including phenoxy) is 2. The number of piperidine rings is 1. The Morgan fingerprint density at radius 3 is 2.29 bits per heavy atom. The lowest BCUT2D eigenvalue weighted by atomic mass is 9.92. The highest BCUT2D eigenvalue weighted by molar-refractivity contribution is 5.51. The van der Waals surface area contributed by atoms with Gasteiger partial charge in [-0.15, -0.1) is 12.8 Å². The maximum absolute atomic E-state index is 9.19. The summed E-state index contributed by atoms with van der Waals surface area (Å²) >= 11 is 0. The topological polar surface area (TPSA) is 45.2 Å². The second kappa shape index (κ2) is 17.3. The van der Waals surface area contributed by atoms with Crippen molar-refractivity contribution in [3.8, 4) is 30.1 Å². The summed E-state index contributed by atoms with van der Waals surface area (Å²) < 4.78 is 11.3. The van der Waals surface area contributed by atoms with Crippen molar-refractivity contribution in [1.29, 1.82) is 0 Å². The third kappa shape index (κ3) is 10.4. The molecule has 1 N–H and O–H groups in total. The van der Waals surface area contributed by atoms with Crippen molar-refractivity contribution in [1.82, 2.24) is 4.90 Å². The number of aromatic hydroxyl groups is 1. The zero-order chi connectivity index (χ0) is 29.5. The Kier molecular flexibility index (Phi) is 13.4. The Hall–Kier alpha value is -3.62. The van der Waals surface area contributed by atoms with E-state index >= 15 is 0 Å². The summed E-state index contributed by atoms with van der Waals surface area (Å²) in [6.07, 6.45) is 15.5. The Bertz CT molecular complexity index is 1180. The summed E-state index contributed by atoms with van der Waals surface area (Å²) in [6.45, 7) is 10.5. The van der Waals surface area contributed by atoms with Crippen LogP contribution in [0.5, 0.6) is 17.2 Å². The second-order valence-electron chi connectivity index (χ2n) is 10.9. The second-order valence-corrected chi connectivity index (χ2v) is 10.9. The molecule has 41 heavy (non-hydrogen) atoms. The van der Waals surface area contributed by atoms with Gasteiger partial charge >= 0.3 is 0 Å². The highest BCUT2D eigenvalue weighted by Gasteiger charge is 2.15. The van der Waals surface area contributed by atoms with Gasteiger partial charge in [0.1, 0.15) is 23.9 Å². The monoisotopic (exact) mass is 556 g/mol. The molecule has 5 rings (SSSR count). The molecule has 3 aromatic rings. The zero-order valence-corrected chi connectivity index (χ0v) is 25.2. The number of rotatable bonds is 9. The quantitative estimate of drug-likeness (QED) is 0.279. The van der Waals surface area contributed by atoms with Crippen LogP contribution in [0.15, 0.2) is 66.7 Å². The molecular formula is C36H48N2O3. The first-order chi connectivity index (χ1) is 20.0. The Balaban J connectivity index is 0.000000294.